The lowest BCUT2D eigenvalue weighted by atomic mass is 9.93. The van der Waals surface area contributed by atoms with Gasteiger partial charge in [0.1, 0.15) is 0 Å². The van der Waals surface area contributed by atoms with Gasteiger partial charge in [-0.3, -0.25) is 0 Å². The van der Waals surface area contributed by atoms with E-state index in [0.29, 0.717) is 5.92 Å². The first-order chi connectivity index (χ1) is 6.83. The maximum absolute atomic E-state index is 3.83. The fourth-order valence-corrected chi connectivity index (χ4v) is 1.66. The summed E-state index contributed by atoms with van der Waals surface area (Å²) in [6.45, 7) is 9.71. The summed E-state index contributed by atoms with van der Waals surface area (Å²) in [4.78, 5) is 3.24. The lowest BCUT2D eigenvalue weighted by Gasteiger charge is -2.14. The minimum atomic E-state index is 0.403. The standard InChI is InChI=1S/C13H17N/c1-4-8-11(5-2)12(6-3)13-9-7-10-14-13/h4-5,7-10,12,14H,1-2,6H2,3H3/b11-8+. The SMILES string of the molecule is C=C/C=C(\C=C)C(CC)c1ccc[nH]1. The molecule has 0 radical (unpaired) electrons. The average molecular weight is 187 g/mol. The molecule has 1 aromatic heterocycles. The van der Waals surface area contributed by atoms with E-state index in [1.165, 1.54) is 11.3 Å². The van der Waals surface area contributed by atoms with Crippen LogP contribution in [0, 0.1) is 0 Å². The minimum Gasteiger partial charge on any atom is -0.364 e. The molecule has 1 atom stereocenters. The first-order valence-electron chi connectivity index (χ1n) is 4.91. The number of nitrogens with one attached hydrogen (secondary N) is 1. The van der Waals surface area contributed by atoms with Crippen molar-refractivity contribution >= 4 is 0 Å². The van der Waals surface area contributed by atoms with E-state index in [2.05, 4.69) is 31.1 Å². The Balaban J connectivity index is 2.96. The molecular formula is C13H17N. The number of H-pyrrole nitrogens is 1. The molecule has 0 aliphatic carbocycles. The van der Waals surface area contributed by atoms with Crippen molar-refractivity contribution in [3.8, 4) is 0 Å². The predicted molar refractivity (Wildman–Crippen MR) is 62.3 cm³/mol. The maximum Gasteiger partial charge on any atom is 0.0238 e. The molecule has 0 bridgehead atoms. The summed E-state index contributed by atoms with van der Waals surface area (Å²) in [7, 11) is 0. The third kappa shape index (κ3) is 2.25. The molecule has 0 spiro atoms. The van der Waals surface area contributed by atoms with E-state index in [0.717, 1.165) is 6.42 Å². The molecule has 1 heteroatoms. The van der Waals surface area contributed by atoms with Crippen molar-refractivity contribution < 1.29 is 0 Å². The molecule has 0 aromatic carbocycles. The van der Waals surface area contributed by atoms with Crippen LogP contribution in [-0.2, 0) is 0 Å². The van der Waals surface area contributed by atoms with Crippen molar-refractivity contribution in [2.24, 2.45) is 0 Å². The van der Waals surface area contributed by atoms with Crippen molar-refractivity contribution in [1.29, 1.82) is 0 Å². The lowest BCUT2D eigenvalue weighted by molar-refractivity contribution is 0.755. The molecule has 74 valence electrons. The summed E-state index contributed by atoms with van der Waals surface area (Å²) < 4.78 is 0. The molecule has 0 aliphatic rings. The van der Waals surface area contributed by atoms with Crippen LogP contribution >= 0.6 is 0 Å². The Hall–Kier alpha value is -1.50. The molecule has 1 unspecified atom stereocenters. The molecule has 0 saturated carbocycles. The number of allylic oxidation sites excluding steroid dienone is 4. The molecule has 1 nitrogen and oxygen atoms in total. The second-order valence-electron chi connectivity index (χ2n) is 3.19. The number of aromatic amines is 1. The number of hydrogen-bond donors (Lipinski definition) is 1. The number of hydrogen-bond acceptors (Lipinski definition) is 0. The molecule has 1 heterocycles. The predicted octanol–water partition coefficient (Wildman–Crippen LogP) is 3.81. The van der Waals surface area contributed by atoms with E-state index in [1.807, 2.05) is 30.5 Å². The van der Waals surface area contributed by atoms with Gasteiger partial charge in [-0.15, -0.1) is 0 Å². The largest absolute Gasteiger partial charge is 0.364 e. The zero-order valence-electron chi connectivity index (χ0n) is 8.66. The normalized spacial score (nSPS) is 13.6. The first-order valence-corrected chi connectivity index (χ1v) is 4.91. The van der Waals surface area contributed by atoms with E-state index < -0.39 is 0 Å². The Morgan fingerprint density at radius 3 is 2.79 bits per heavy atom. The van der Waals surface area contributed by atoms with Gasteiger partial charge in [0.25, 0.3) is 0 Å². The maximum atomic E-state index is 3.83. The Bertz CT molecular complexity index is 317. The molecular weight excluding hydrogens is 170 g/mol. The molecule has 0 saturated heterocycles. The van der Waals surface area contributed by atoms with Crippen molar-refractivity contribution in [2.45, 2.75) is 19.3 Å². The van der Waals surface area contributed by atoms with Crippen LogP contribution < -0.4 is 0 Å². The van der Waals surface area contributed by atoms with Gasteiger partial charge < -0.3 is 4.98 Å². The van der Waals surface area contributed by atoms with Gasteiger partial charge in [0, 0.05) is 17.8 Å². The molecule has 0 aliphatic heterocycles. The van der Waals surface area contributed by atoms with Crippen LogP contribution in [0.4, 0.5) is 0 Å². The second-order valence-corrected chi connectivity index (χ2v) is 3.19. The van der Waals surface area contributed by atoms with E-state index in [9.17, 15) is 0 Å². The summed E-state index contributed by atoms with van der Waals surface area (Å²) in [5, 5.41) is 0. The second kappa shape index (κ2) is 5.28. The molecule has 14 heavy (non-hydrogen) atoms. The van der Waals surface area contributed by atoms with E-state index in [4.69, 9.17) is 0 Å². The summed E-state index contributed by atoms with van der Waals surface area (Å²) >= 11 is 0. The van der Waals surface area contributed by atoms with Gasteiger partial charge in [-0.2, -0.15) is 0 Å². The summed E-state index contributed by atoms with van der Waals surface area (Å²) in [5.74, 6) is 0.403. The van der Waals surface area contributed by atoms with Crippen LogP contribution in [0.25, 0.3) is 0 Å². The van der Waals surface area contributed by atoms with Gasteiger partial charge in [0.2, 0.25) is 0 Å². The fourth-order valence-electron chi connectivity index (χ4n) is 1.66. The van der Waals surface area contributed by atoms with Crippen LogP contribution in [0.3, 0.4) is 0 Å². The average Bonchev–Trinajstić information content (AvgIpc) is 2.71. The zero-order valence-corrected chi connectivity index (χ0v) is 8.66. The summed E-state index contributed by atoms with van der Waals surface area (Å²) in [6.07, 6.45) is 8.74. The number of rotatable bonds is 5. The van der Waals surface area contributed by atoms with Gasteiger partial charge >= 0.3 is 0 Å². The van der Waals surface area contributed by atoms with E-state index in [-0.39, 0.29) is 0 Å². The Labute approximate surface area is 85.9 Å². The fraction of sp³-hybridized carbons (Fsp3) is 0.231. The highest BCUT2D eigenvalue weighted by atomic mass is 14.7. The lowest BCUT2D eigenvalue weighted by Crippen LogP contribution is -1.99. The highest BCUT2D eigenvalue weighted by molar-refractivity contribution is 5.32. The Kier molecular flexibility index (Phi) is 3.99. The van der Waals surface area contributed by atoms with Gasteiger partial charge in [-0.05, 0) is 24.1 Å². The van der Waals surface area contributed by atoms with Gasteiger partial charge in [-0.1, -0.05) is 38.3 Å². The number of aromatic nitrogens is 1. The van der Waals surface area contributed by atoms with Crippen molar-refractivity contribution in [1.82, 2.24) is 4.98 Å². The molecule has 0 amide bonds. The van der Waals surface area contributed by atoms with Gasteiger partial charge in [0.15, 0.2) is 0 Å². The monoisotopic (exact) mass is 187 g/mol. The third-order valence-electron chi connectivity index (χ3n) is 2.35. The molecule has 1 N–H and O–H groups in total. The van der Waals surface area contributed by atoms with Crippen molar-refractivity contribution in [3.63, 3.8) is 0 Å². The van der Waals surface area contributed by atoms with E-state index in [1.54, 1.807) is 0 Å². The zero-order chi connectivity index (χ0) is 10.4. The highest BCUT2D eigenvalue weighted by Gasteiger charge is 2.12. The molecule has 1 aromatic rings. The van der Waals surface area contributed by atoms with Crippen LogP contribution in [-0.4, -0.2) is 4.98 Å². The molecule has 0 fully saturated rings. The van der Waals surface area contributed by atoms with Crippen molar-refractivity contribution in [2.75, 3.05) is 0 Å². The van der Waals surface area contributed by atoms with Gasteiger partial charge in [-0.25, -0.2) is 0 Å². The van der Waals surface area contributed by atoms with Crippen LogP contribution in [0.2, 0.25) is 0 Å². The topological polar surface area (TPSA) is 15.8 Å². The Morgan fingerprint density at radius 1 is 1.57 bits per heavy atom. The van der Waals surface area contributed by atoms with Crippen LogP contribution in [0.15, 0.2) is 55.3 Å². The minimum absolute atomic E-state index is 0.403. The quantitative estimate of drug-likeness (QED) is 0.675. The summed E-state index contributed by atoms with van der Waals surface area (Å²) in [6, 6.07) is 4.13. The van der Waals surface area contributed by atoms with Gasteiger partial charge in [0.05, 0.1) is 0 Å². The third-order valence-corrected chi connectivity index (χ3v) is 2.35. The smallest absolute Gasteiger partial charge is 0.0238 e. The Morgan fingerprint density at radius 2 is 2.36 bits per heavy atom. The first kappa shape index (κ1) is 10.6. The van der Waals surface area contributed by atoms with E-state index >= 15 is 0 Å². The molecule has 1 rings (SSSR count). The summed E-state index contributed by atoms with van der Waals surface area (Å²) in [5.41, 5.74) is 2.45. The highest BCUT2D eigenvalue weighted by Crippen LogP contribution is 2.26. The van der Waals surface area contributed by atoms with Crippen LogP contribution in [0.5, 0.6) is 0 Å². The van der Waals surface area contributed by atoms with Crippen molar-refractivity contribution in [3.05, 3.63) is 61.0 Å². The van der Waals surface area contributed by atoms with Crippen LogP contribution in [0.1, 0.15) is 25.0 Å².